The van der Waals surface area contributed by atoms with E-state index in [0.29, 0.717) is 10.0 Å². The molecule has 4 heteroatoms. The first kappa shape index (κ1) is 11.9. The summed E-state index contributed by atoms with van der Waals surface area (Å²) >= 11 is 3.03. The SMILES string of the molecule is CN(C)/C=C/C(=O)c1ccc(F)c(Br)c1. The zero-order valence-corrected chi connectivity index (χ0v) is 10.1. The quantitative estimate of drug-likeness (QED) is 0.623. The molecule has 0 fully saturated rings. The fraction of sp³-hybridized carbons (Fsp3) is 0.182. The molecule has 0 bridgehead atoms. The van der Waals surface area contributed by atoms with Gasteiger partial charge in [-0.3, -0.25) is 4.79 Å². The predicted molar refractivity (Wildman–Crippen MR) is 61.3 cm³/mol. The number of hydrogen-bond acceptors (Lipinski definition) is 2. The van der Waals surface area contributed by atoms with Crippen LogP contribution in [0.15, 0.2) is 34.9 Å². The molecular weight excluding hydrogens is 261 g/mol. The number of nitrogens with zero attached hydrogens (tertiary/aromatic N) is 1. The van der Waals surface area contributed by atoms with Crippen LogP contribution in [0.25, 0.3) is 0 Å². The summed E-state index contributed by atoms with van der Waals surface area (Å²) in [5, 5.41) is 0. The second kappa shape index (κ2) is 5.07. The normalized spacial score (nSPS) is 10.7. The van der Waals surface area contributed by atoms with Crippen molar-refractivity contribution in [2.45, 2.75) is 0 Å². The molecule has 0 amide bonds. The summed E-state index contributed by atoms with van der Waals surface area (Å²) in [6.45, 7) is 0. The fourth-order valence-electron chi connectivity index (χ4n) is 0.962. The maximum atomic E-state index is 12.9. The number of ketones is 1. The molecule has 0 aromatic heterocycles. The van der Waals surface area contributed by atoms with Crippen molar-refractivity contribution in [2.75, 3.05) is 14.1 Å². The number of carbonyl (C=O) groups is 1. The van der Waals surface area contributed by atoms with Crippen molar-refractivity contribution in [1.29, 1.82) is 0 Å². The highest BCUT2D eigenvalue weighted by atomic mass is 79.9. The van der Waals surface area contributed by atoms with Gasteiger partial charge in [0.05, 0.1) is 4.47 Å². The zero-order chi connectivity index (χ0) is 11.4. The van der Waals surface area contributed by atoms with Crippen LogP contribution in [0.5, 0.6) is 0 Å². The van der Waals surface area contributed by atoms with Gasteiger partial charge in [0, 0.05) is 31.9 Å². The van der Waals surface area contributed by atoms with Crippen molar-refractivity contribution in [3.63, 3.8) is 0 Å². The number of halogens is 2. The molecule has 1 rings (SSSR count). The number of rotatable bonds is 3. The average molecular weight is 272 g/mol. The molecule has 80 valence electrons. The number of allylic oxidation sites excluding steroid dienone is 1. The lowest BCUT2D eigenvalue weighted by molar-refractivity contribution is 0.104. The lowest BCUT2D eigenvalue weighted by atomic mass is 10.1. The number of carbonyl (C=O) groups excluding carboxylic acids is 1. The second-order valence-corrected chi connectivity index (χ2v) is 4.13. The van der Waals surface area contributed by atoms with Gasteiger partial charge in [-0.05, 0) is 34.1 Å². The van der Waals surface area contributed by atoms with Gasteiger partial charge in [0.1, 0.15) is 5.82 Å². The van der Waals surface area contributed by atoms with Gasteiger partial charge in [0.2, 0.25) is 0 Å². The Bertz CT molecular complexity index is 402. The highest BCUT2D eigenvalue weighted by molar-refractivity contribution is 9.10. The lowest BCUT2D eigenvalue weighted by Crippen LogP contribution is -2.03. The summed E-state index contributed by atoms with van der Waals surface area (Å²) in [6.07, 6.45) is 3.10. The Hall–Kier alpha value is -1.16. The molecule has 15 heavy (non-hydrogen) atoms. The Kier molecular flexibility index (Phi) is 4.03. The van der Waals surface area contributed by atoms with Crippen LogP contribution in [0.1, 0.15) is 10.4 Å². The van der Waals surface area contributed by atoms with Crippen molar-refractivity contribution < 1.29 is 9.18 Å². The van der Waals surface area contributed by atoms with E-state index in [4.69, 9.17) is 0 Å². The molecule has 0 saturated carbocycles. The van der Waals surface area contributed by atoms with E-state index in [1.165, 1.54) is 24.3 Å². The molecule has 1 aromatic carbocycles. The second-order valence-electron chi connectivity index (χ2n) is 3.27. The molecule has 1 aromatic rings. The molecule has 0 radical (unpaired) electrons. The van der Waals surface area contributed by atoms with Crippen molar-refractivity contribution in [3.05, 3.63) is 46.3 Å². The highest BCUT2D eigenvalue weighted by Gasteiger charge is 2.05. The maximum absolute atomic E-state index is 12.9. The van der Waals surface area contributed by atoms with Crippen LogP contribution in [0, 0.1) is 5.82 Å². The van der Waals surface area contributed by atoms with E-state index in [2.05, 4.69) is 15.9 Å². The third-order valence-electron chi connectivity index (χ3n) is 1.73. The Morgan fingerprint density at radius 2 is 2.13 bits per heavy atom. The summed E-state index contributed by atoms with van der Waals surface area (Å²) in [5.41, 5.74) is 0.460. The van der Waals surface area contributed by atoms with Gasteiger partial charge in [0.25, 0.3) is 0 Å². The summed E-state index contributed by atoms with van der Waals surface area (Å²) in [4.78, 5) is 13.3. The van der Waals surface area contributed by atoms with E-state index < -0.39 is 0 Å². The summed E-state index contributed by atoms with van der Waals surface area (Å²) in [6, 6.07) is 4.20. The van der Waals surface area contributed by atoms with E-state index in [-0.39, 0.29) is 11.6 Å². The molecule has 0 atom stereocenters. The van der Waals surface area contributed by atoms with Gasteiger partial charge in [-0.2, -0.15) is 0 Å². The third-order valence-corrected chi connectivity index (χ3v) is 2.34. The number of hydrogen-bond donors (Lipinski definition) is 0. The number of benzene rings is 1. The molecule has 0 spiro atoms. The van der Waals surface area contributed by atoms with Crippen molar-refractivity contribution in [3.8, 4) is 0 Å². The molecule has 0 aliphatic carbocycles. The van der Waals surface area contributed by atoms with Crippen LogP contribution >= 0.6 is 15.9 Å². The van der Waals surface area contributed by atoms with E-state index >= 15 is 0 Å². The van der Waals surface area contributed by atoms with E-state index in [0.717, 1.165) is 0 Å². The summed E-state index contributed by atoms with van der Waals surface area (Å²) in [5.74, 6) is -0.521. The third kappa shape index (κ3) is 3.47. The fourth-order valence-corrected chi connectivity index (χ4v) is 1.34. The minimum atomic E-state index is -0.372. The molecule has 0 N–H and O–H groups in total. The van der Waals surface area contributed by atoms with Gasteiger partial charge in [-0.1, -0.05) is 0 Å². The summed E-state index contributed by atoms with van der Waals surface area (Å²) in [7, 11) is 3.65. The van der Waals surface area contributed by atoms with Crippen LogP contribution in [0.2, 0.25) is 0 Å². The van der Waals surface area contributed by atoms with E-state index in [9.17, 15) is 9.18 Å². The standard InChI is InChI=1S/C11H11BrFNO/c1-14(2)6-5-11(15)8-3-4-10(13)9(12)7-8/h3-7H,1-2H3/b6-5+. The molecular formula is C11H11BrFNO. The van der Waals surface area contributed by atoms with Gasteiger partial charge >= 0.3 is 0 Å². The first-order chi connectivity index (χ1) is 7.00. The zero-order valence-electron chi connectivity index (χ0n) is 8.50. The van der Waals surface area contributed by atoms with Gasteiger partial charge < -0.3 is 4.90 Å². The summed E-state index contributed by atoms with van der Waals surface area (Å²) < 4.78 is 13.2. The van der Waals surface area contributed by atoms with Crippen LogP contribution in [-0.2, 0) is 0 Å². The Morgan fingerprint density at radius 3 is 2.67 bits per heavy atom. The van der Waals surface area contributed by atoms with Crippen LogP contribution < -0.4 is 0 Å². The first-order valence-corrected chi connectivity index (χ1v) is 5.14. The molecule has 0 aliphatic heterocycles. The molecule has 0 aliphatic rings. The first-order valence-electron chi connectivity index (χ1n) is 4.34. The lowest BCUT2D eigenvalue weighted by Gasteiger charge is -2.03. The Labute approximate surface area is 96.5 Å². The van der Waals surface area contributed by atoms with Gasteiger partial charge in [0.15, 0.2) is 5.78 Å². The van der Waals surface area contributed by atoms with Crippen LogP contribution in [0.4, 0.5) is 4.39 Å². The van der Waals surface area contributed by atoms with Crippen LogP contribution in [-0.4, -0.2) is 24.8 Å². The van der Waals surface area contributed by atoms with Crippen molar-refractivity contribution >= 4 is 21.7 Å². The van der Waals surface area contributed by atoms with E-state index in [1.54, 1.807) is 11.1 Å². The smallest absolute Gasteiger partial charge is 0.187 e. The minimum Gasteiger partial charge on any atom is -0.383 e. The Balaban J connectivity index is 2.88. The molecule has 0 unspecified atom stereocenters. The van der Waals surface area contributed by atoms with Crippen LogP contribution in [0.3, 0.4) is 0 Å². The van der Waals surface area contributed by atoms with E-state index in [1.807, 2.05) is 14.1 Å². The predicted octanol–water partition coefficient (Wildman–Crippen LogP) is 2.85. The monoisotopic (exact) mass is 271 g/mol. The van der Waals surface area contributed by atoms with Gasteiger partial charge in [-0.25, -0.2) is 4.39 Å². The molecule has 0 saturated heterocycles. The minimum absolute atomic E-state index is 0.149. The van der Waals surface area contributed by atoms with Crippen molar-refractivity contribution in [1.82, 2.24) is 4.90 Å². The largest absolute Gasteiger partial charge is 0.383 e. The molecule has 2 nitrogen and oxygen atoms in total. The van der Waals surface area contributed by atoms with Gasteiger partial charge in [-0.15, -0.1) is 0 Å². The molecule has 0 heterocycles. The maximum Gasteiger partial charge on any atom is 0.187 e. The Morgan fingerprint density at radius 1 is 1.47 bits per heavy atom. The average Bonchev–Trinajstić information content (AvgIpc) is 2.18. The van der Waals surface area contributed by atoms with Crippen molar-refractivity contribution in [2.24, 2.45) is 0 Å². The topological polar surface area (TPSA) is 20.3 Å². The highest BCUT2D eigenvalue weighted by Crippen LogP contribution is 2.17.